The Kier molecular flexibility index (Phi) is 2.63. The normalized spacial score (nSPS) is 24.7. The highest BCUT2D eigenvalue weighted by Gasteiger charge is 2.09. The largest absolute Gasteiger partial charge is 0.474 e. The van der Waals surface area contributed by atoms with Crippen molar-refractivity contribution in [2.24, 2.45) is 0 Å². The molecule has 0 aromatic carbocycles. The first-order chi connectivity index (χ1) is 4.33. The molecule has 1 heterocycles. The lowest BCUT2D eigenvalue weighted by atomic mass is 10.4. The summed E-state index contributed by atoms with van der Waals surface area (Å²) >= 11 is 2.34. The molecule has 52 valence electrons. The minimum atomic E-state index is 0.183. The number of hydrogen-bond donors (Lipinski definition) is 1. The van der Waals surface area contributed by atoms with Gasteiger partial charge in [0.1, 0.15) is 5.76 Å². The van der Waals surface area contributed by atoms with Crippen molar-refractivity contribution in [1.82, 2.24) is 5.32 Å². The van der Waals surface area contributed by atoms with Crippen LogP contribution < -0.4 is 5.32 Å². The van der Waals surface area contributed by atoms with Crippen molar-refractivity contribution >= 4 is 22.6 Å². The van der Waals surface area contributed by atoms with Gasteiger partial charge in [-0.2, -0.15) is 0 Å². The van der Waals surface area contributed by atoms with E-state index in [1.165, 1.54) is 0 Å². The Morgan fingerprint density at radius 2 is 2.67 bits per heavy atom. The molecule has 1 aliphatic heterocycles. The molecule has 1 rings (SSSR count). The molecule has 1 aliphatic rings. The number of halogens is 1. The molecule has 0 saturated carbocycles. The number of hydrogen-bond acceptors (Lipinski definition) is 2. The van der Waals surface area contributed by atoms with Crippen molar-refractivity contribution in [3.8, 4) is 0 Å². The molecule has 1 N–H and O–H groups in total. The van der Waals surface area contributed by atoms with Gasteiger partial charge in [-0.05, 0) is 6.92 Å². The Morgan fingerprint density at radius 1 is 1.89 bits per heavy atom. The molecule has 0 saturated heterocycles. The molecule has 0 aromatic heterocycles. The van der Waals surface area contributed by atoms with Crippen LogP contribution >= 0.6 is 22.6 Å². The number of alkyl halides is 1. The molecule has 0 aromatic rings. The monoisotopic (exact) mass is 239 g/mol. The molecule has 9 heavy (non-hydrogen) atoms. The fourth-order valence-electron chi connectivity index (χ4n) is 0.730. The van der Waals surface area contributed by atoms with E-state index in [2.05, 4.69) is 27.9 Å². The predicted octanol–water partition coefficient (Wildman–Crippen LogP) is 1.62. The first kappa shape index (κ1) is 7.18. The van der Waals surface area contributed by atoms with Gasteiger partial charge < -0.3 is 10.1 Å². The average Bonchev–Trinajstić information content (AvgIpc) is 2.17. The quantitative estimate of drug-likeness (QED) is 0.584. The van der Waals surface area contributed by atoms with Crippen molar-refractivity contribution in [3.05, 3.63) is 12.0 Å². The van der Waals surface area contributed by atoms with Gasteiger partial charge in [0.15, 0.2) is 6.23 Å². The summed E-state index contributed by atoms with van der Waals surface area (Å²) < 4.78 is 6.47. The van der Waals surface area contributed by atoms with Gasteiger partial charge in [-0.15, -0.1) is 0 Å². The first-order valence-electron chi connectivity index (χ1n) is 3.00. The maximum Gasteiger partial charge on any atom is 0.166 e. The summed E-state index contributed by atoms with van der Waals surface area (Å²) in [6.45, 7) is 2.00. The second-order valence-electron chi connectivity index (χ2n) is 1.98. The van der Waals surface area contributed by atoms with E-state index >= 15 is 0 Å². The lowest BCUT2D eigenvalue weighted by Gasteiger charge is -2.05. The molecular formula is C6H10INO. The number of rotatable bonds is 2. The third-order valence-electron chi connectivity index (χ3n) is 1.15. The second-order valence-corrected chi connectivity index (χ2v) is 3.06. The highest BCUT2D eigenvalue weighted by atomic mass is 127. The van der Waals surface area contributed by atoms with Gasteiger partial charge in [-0.25, -0.2) is 0 Å². The van der Waals surface area contributed by atoms with Crippen LogP contribution in [0, 0.1) is 0 Å². The van der Waals surface area contributed by atoms with Crippen molar-refractivity contribution in [2.45, 2.75) is 19.6 Å². The first-order valence-corrected chi connectivity index (χ1v) is 4.53. The zero-order chi connectivity index (χ0) is 6.69. The molecule has 1 atom stereocenters. The SMILES string of the molecule is CC1NC=C(CCI)O1. The molecule has 0 amide bonds. The van der Waals surface area contributed by atoms with E-state index in [0.717, 1.165) is 16.6 Å². The van der Waals surface area contributed by atoms with E-state index < -0.39 is 0 Å². The van der Waals surface area contributed by atoms with Crippen LogP contribution in [0.25, 0.3) is 0 Å². The van der Waals surface area contributed by atoms with E-state index in [1.54, 1.807) is 0 Å². The van der Waals surface area contributed by atoms with Crippen molar-refractivity contribution in [3.63, 3.8) is 0 Å². The lowest BCUT2D eigenvalue weighted by Crippen LogP contribution is -2.15. The molecule has 2 nitrogen and oxygen atoms in total. The third-order valence-corrected chi connectivity index (χ3v) is 1.69. The summed E-state index contributed by atoms with van der Waals surface area (Å²) in [5.41, 5.74) is 0. The molecule has 0 bridgehead atoms. The van der Waals surface area contributed by atoms with Crippen LogP contribution in [0.2, 0.25) is 0 Å². The van der Waals surface area contributed by atoms with Crippen LogP contribution in [0.4, 0.5) is 0 Å². The average molecular weight is 239 g/mol. The van der Waals surface area contributed by atoms with Crippen LogP contribution in [0.1, 0.15) is 13.3 Å². The van der Waals surface area contributed by atoms with Crippen LogP contribution in [-0.2, 0) is 4.74 Å². The van der Waals surface area contributed by atoms with E-state index in [-0.39, 0.29) is 6.23 Å². The zero-order valence-electron chi connectivity index (χ0n) is 5.36. The summed E-state index contributed by atoms with van der Waals surface area (Å²) in [4.78, 5) is 0. The lowest BCUT2D eigenvalue weighted by molar-refractivity contribution is 0.140. The van der Waals surface area contributed by atoms with Crippen LogP contribution in [0.15, 0.2) is 12.0 Å². The maximum absolute atomic E-state index is 5.35. The molecule has 0 aliphatic carbocycles. The van der Waals surface area contributed by atoms with Gasteiger partial charge in [0.05, 0.1) is 0 Å². The molecule has 3 heteroatoms. The number of nitrogens with one attached hydrogen (secondary N) is 1. The summed E-state index contributed by atoms with van der Waals surface area (Å²) in [5, 5.41) is 3.07. The van der Waals surface area contributed by atoms with Crippen molar-refractivity contribution in [1.29, 1.82) is 0 Å². The summed E-state index contributed by atoms with van der Waals surface area (Å²) in [6.07, 6.45) is 3.17. The summed E-state index contributed by atoms with van der Waals surface area (Å²) in [5.74, 6) is 1.08. The van der Waals surface area contributed by atoms with Crippen LogP contribution in [0.3, 0.4) is 0 Å². The van der Waals surface area contributed by atoms with Gasteiger partial charge in [0, 0.05) is 17.0 Å². The van der Waals surface area contributed by atoms with Gasteiger partial charge >= 0.3 is 0 Å². The van der Waals surface area contributed by atoms with Gasteiger partial charge in [-0.1, -0.05) is 22.6 Å². The smallest absolute Gasteiger partial charge is 0.166 e. The minimum Gasteiger partial charge on any atom is -0.474 e. The minimum absolute atomic E-state index is 0.183. The van der Waals surface area contributed by atoms with E-state index in [4.69, 9.17) is 4.74 Å². The maximum atomic E-state index is 5.35. The predicted molar refractivity (Wildman–Crippen MR) is 45.3 cm³/mol. The Labute approximate surface area is 68.8 Å². The summed E-state index contributed by atoms with van der Waals surface area (Å²) in [6, 6.07) is 0. The topological polar surface area (TPSA) is 21.3 Å². The van der Waals surface area contributed by atoms with Crippen LogP contribution in [-0.4, -0.2) is 10.7 Å². The van der Waals surface area contributed by atoms with Gasteiger partial charge in [-0.3, -0.25) is 0 Å². The number of allylic oxidation sites excluding steroid dienone is 1. The highest BCUT2D eigenvalue weighted by Crippen LogP contribution is 2.12. The zero-order valence-corrected chi connectivity index (χ0v) is 7.51. The highest BCUT2D eigenvalue weighted by molar-refractivity contribution is 14.1. The fourth-order valence-corrected chi connectivity index (χ4v) is 1.26. The molecule has 0 radical (unpaired) electrons. The Balaban J connectivity index is 2.27. The molecular weight excluding hydrogens is 229 g/mol. The van der Waals surface area contributed by atoms with E-state index in [1.807, 2.05) is 13.1 Å². The standard InChI is InChI=1S/C6H10INO/c1-5-8-4-6(9-5)2-3-7/h4-5,8H,2-3H2,1H3. The number of ether oxygens (including phenoxy) is 1. The van der Waals surface area contributed by atoms with Gasteiger partial charge in [0.25, 0.3) is 0 Å². The Hall–Kier alpha value is 0.0700. The van der Waals surface area contributed by atoms with E-state index in [9.17, 15) is 0 Å². The second kappa shape index (κ2) is 3.29. The van der Waals surface area contributed by atoms with E-state index in [0.29, 0.717) is 0 Å². The van der Waals surface area contributed by atoms with Crippen LogP contribution in [0.5, 0.6) is 0 Å². The Morgan fingerprint density at radius 3 is 3.11 bits per heavy atom. The Bertz CT molecular complexity index is 124. The third kappa shape index (κ3) is 2.04. The fraction of sp³-hybridized carbons (Fsp3) is 0.667. The molecule has 0 spiro atoms. The summed E-state index contributed by atoms with van der Waals surface area (Å²) in [7, 11) is 0. The van der Waals surface area contributed by atoms with Crippen molar-refractivity contribution < 1.29 is 4.74 Å². The molecule has 0 fully saturated rings. The molecule has 1 unspecified atom stereocenters. The van der Waals surface area contributed by atoms with Gasteiger partial charge in [0.2, 0.25) is 0 Å². The van der Waals surface area contributed by atoms with Crippen molar-refractivity contribution in [2.75, 3.05) is 4.43 Å².